The summed E-state index contributed by atoms with van der Waals surface area (Å²) in [4.78, 5) is 4.45. The molecule has 0 saturated heterocycles. The first-order valence-electron chi connectivity index (χ1n) is 8.40. The molecular formula is C20H16ClN3O3S. The molecule has 6 nitrogen and oxygen atoms in total. The van der Waals surface area contributed by atoms with Gasteiger partial charge >= 0.3 is 0 Å². The predicted molar refractivity (Wildman–Crippen MR) is 109 cm³/mol. The molecule has 0 bridgehead atoms. The summed E-state index contributed by atoms with van der Waals surface area (Å²) in [6, 6.07) is 13.1. The number of benzene rings is 2. The van der Waals surface area contributed by atoms with E-state index in [0.717, 1.165) is 22.0 Å². The minimum absolute atomic E-state index is 0.402. The van der Waals surface area contributed by atoms with E-state index in [2.05, 4.69) is 15.2 Å². The standard InChI is InChI=1S/C20H16ClN3O3S/c1-25-14-8-13(9-15(10-14)26-2)19-23-24-20(27-19)28-11-12-5-6-17(21)16-4-3-7-22-18(12)16/h3-10H,11H2,1-2H3. The van der Waals surface area contributed by atoms with Gasteiger partial charge < -0.3 is 13.9 Å². The van der Waals surface area contributed by atoms with Gasteiger partial charge in [-0.25, -0.2) is 0 Å². The Bertz CT molecular complexity index is 1110. The summed E-state index contributed by atoms with van der Waals surface area (Å²) in [5.74, 6) is 2.34. The van der Waals surface area contributed by atoms with E-state index >= 15 is 0 Å². The highest BCUT2D eigenvalue weighted by atomic mass is 35.5. The lowest BCUT2D eigenvalue weighted by atomic mass is 10.1. The van der Waals surface area contributed by atoms with Crippen molar-refractivity contribution in [3.63, 3.8) is 0 Å². The minimum atomic E-state index is 0.402. The second kappa shape index (κ2) is 8.08. The van der Waals surface area contributed by atoms with Crippen molar-refractivity contribution in [3.05, 3.63) is 59.2 Å². The fourth-order valence-electron chi connectivity index (χ4n) is 2.77. The van der Waals surface area contributed by atoms with Crippen LogP contribution in [0.25, 0.3) is 22.4 Å². The molecular weight excluding hydrogens is 398 g/mol. The lowest BCUT2D eigenvalue weighted by molar-refractivity contribution is 0.394. The molecule has 0 amide bonds. The molecule has 0 spiro atoms. The molecule has 0 aliphatic rings. The van der Waals surface area contributed by atoms with E-state index in [1.807, 2.05) is 36.4 Å². The van der Waals surface area contributed by atoms with Crippen molar-refractivity contribution >= 4 is 34.3 Å². The Labute approximate surface area is 170 Å². The number of halogens is 1. The number of hydrogen-bond donors (Lipinski definition) is 0. The molecule has 0 radical (unpaired) electrons. The van der Waals surface area contributed by atoms with Crippen molar-refractivity contribution in [2.75, 3.05) is 14.2 Å². The molecule has 0 unspecified atom stereocenters. The molecule has 0 aliphatic carbocycles. The van der Waals surface area contributed by atoms with E-state index in [-0.39, 0.29) is 0 Å². The number of aromatic nitrogens is 3. The van der Waals surface area contributed by atoms with Crippen LogP contribution in [0.3, 0.4) is 0 Å². The lowest BCUT2D eigenvalue weighted by Gasteiger charge is -2.06. The molecule has 0 fully saturated rings. The smallest absolute Gasteiger partial charge is 0.277 e. The number of methoxy groups -OCH3 is 2. The quantitative estimate of drug-likeness (QED) is 0.400. The van der Waals surface area contributed by atoms with E-state index in [1.54, 1.807) is 26.5 Å². The maximum atomic E-state index is 6.26. The zero-order valence-electron chi connectivity index (χ0n) is 15.2. The van der Waals surface area contributed by atoms with Crippen molar-refractivity contribution in [2.45, 2.75) is 11.0 Å². The topological polar surface area (TPSA) is 70.3 Å². The number of thioether (sulfide) groups is 1. The molecule has 0 saturated carbocycles. The molecule has 0 aliphatic heterocycles. The Kier molecular flexibility index (Phi) is 5.36. The molecule has 28 heavy (non-hydrogen) atoms. The van der Waals surface area contributed by atoms with E-state index in [1.165, 1.54) is 11.8 Å². The molecule has 2 heterocycles. The average molecular weight is 414 g/mol. The van der Waals surface area contributed by atoms with Gasteiger partial charge in [-0.2, -0.15) is 0 Å². The number of rotatable bonds is 6. The van der Waals surface area contributed by atoms with Gasteiger partial charge in [0.25, 0.3) is 5.22 Å². The third-order valence-electron chi connectivity index (χ3n) is 4.16. The molecule has 0 atom stereocenters. The van der Waals surface area contributed by atoms with Gasteiger partial charge in [0, 0.05) is 34.0 Å². The summed E-state index contributed by atoms with van der Waals surface area (Å²) in [6.07, 6.45) is 1.76. The Balaban J connectivity index is 1.56. The molecule has 2 aromatic carbocycles. The van der Waals surface area contributed by atoms with Crippen LogP contribution in [0.5, 0.6) is 11.5 Å². The fourth-order valence-corrected chi connectivity index (χ4v) is 3.73. The van der Waals surface area contributed by atoms with Gasteiger partial charge in [0.15, 0.2) is 0 Å². The second-order valence-corrected chi connectivity index (χ2v) is 7.20. The van der Waals surface area contributed by atoms with Crippen molar-refractivity contribution < 1.29 is 13.9 Å². The number of ether oxygens (including phenoxy) is 2. The number of fused-ring (bicyclic) bond motifs is 1. The SMILES string of the molecule is COc1cc(OC)cc(-c2nnc(SCc3ccc(Cl)c4cccnc34)o2)c1. The first kappa shape index (κ1) is 18.6. The summed E-state index contributed by atoms with van der Waals surface area (Å²) in [7, 11) is 3.19. The van der Waals surface area contributed by atoms with Gasteiger partial charge in [-0.1, -0.05) is 29.4 Å². The Hall–Kier alpha value is -2.77. The summed E-state index contributed by atoms with van der Waals surface area (Å²) in [5, 5.41) is 10.4. The lowest BCUT2D eigenvalue weighted by Crippen LogP contribution is -1.88. The normalized spacial score (nSPS) is 11.0. The minimum Gasteiger partial charge on any atom is -0.497 e. The highest BCUT2D eigenvalue weighted by molar-refractivity contribution is 7.98. The Morgan fingerprint density at radius 1 is 1.04 bits per heavy atom. The monoisotopic (exact) mass is 413 g/mol. The molecule has 4 rings (SSSR count). The molecule has 0 N–H and O–H groups in total. The average Bonchev–Trinajstić information content (AvgIpc) is 3.22. The van der Waals surface area contributed by atoms with E-state index in [0.29, 0.717) is 33.4 Å². The first-order chi connectivity index (χ1) is 13.7. The van der Waals surface area contributed by atoms with Crippen molar-refractivity contribution in [1.29, 1.82) is 0 Å². The summed E-state index contributed by atoms with van der Waals surface area (Å²) in [6.45, 7) is 0. The van der Waals surface area contributed by atoms with Gasteiger partial charge in [0.2, 0.25) is 5.89 Å². The van der Waals surface area contributed by atoms with Crippen LogP contribution in [0.15, 0.2) is 58.3 Å². The van der Waals surface area contributed by atoms with Crippen LogP contribution in [-0.4, -0.2) is 29.4 Å². The maximum Gasteiger partial charge on any atom is 0.277 e. The van der Waals surface area contributed by atoms with E-state index < -0.39 is 0 Å². The van der Waals surface area contributed by atoms with Crippen molar-refractivity contribution in [2.24, 2.45) is 0 Å². The van der Waals surface area contributed by atoms with E-state index in [9.17, 15) is 0 Å². The zero-order valence-corrected chi connectivity index (χ0v) is 16.8. The second-order valence-electron chi connectivity index (χ2n) is 5.87. The third kappa shape index (κ3) is 3.76. The number of nitrogens with zero attached hydrogens (tertiary/aromatic N) is 3. The molecule has 8 heteroatoms. The van der Waals surface area contributed by atoms with Crippen LogP contribution in [0.2, 0.25) is 5.02 Å². The zero-order chi connectivity index (χ0) is 19.5. The predicted octanol–water partition coefficient (Wildman–Crippen LogP) is 5.25. The highest BCUT2D eigenvalue weighted by Gasteiger charge is 2.13. The summed E-state index contributed by atoms with van der Waals surface area (Å²) < 4.78 is 16.4. The van der Waals surface area contributed by atoms with Gasteiger partial charge in [0.05, 0.1) is 19.7 Å². The third-order valence-corrected chi connectivity index (χ3v) is 5.35. The van der Waals surface area contributed by atoms with Crippen LogP contribution in [0.4, 0.5) is 0 Å². The highest BCUT2D eigenvalue weighted by Crippen LogP contribution is 2.33. The number of pyridine rings is 1. The van der Waals surface area contributed by atoms with Gasteiger partial charge in [-0.15, -0.1) is 10.2 Å². The fraction of sp³-hybridized carbons (Fsp3) is 0.150. The largest absolute Gasteiger partial charge is 0.497 e. The molecule has 2 aromatic heterocycles. The molecule has 142 valence electrons. The van der Waals surface area contributed by atoms with Crippen LogP contribution in [-0.2, 0) is 5.75 Å². The van der Waals surface area contributed by atoms with Crippen LogP contribution >= 0.6 is 23.4 Å². The van der Waals surface area contributed by atoms with Crippen molar-refractivity contribution in [3.8, 4) is 23.0 Å². The van der Waals surface area contributed by atoms with Crippen LogP contribution < -0.4 is 9.47 Å². The van der Waals surface area contributed by atoms with Gasteiger partial charge in [-0.05, 0) is 35.9 Å². The maximum absolute atomic E-state index is 6.26. The van der Waals surface area contributed by atoms with Gasteiger partial charge in [-0.3, -0.25) is 4.98 Å². The Morgan fingerprint density at radius 3 is 2.57 bits per heavy atom. The summed E-state index contributed by atoms with van der Waals surface area (Å²) >= 11 is 7.70. The van der Waals surface area contributed by atoms with Gasteiger partial charge in [0.1, 0.15) is 11.5 Å². The first-order valence-corrected chi connectivity index (χ1v) is 9.76. The van der Waals surface area contributed by atoms with Crippen molar-refractivity contribution in [1.82, 2.24) is 15.2 Å². The molecule has 4 aromatic rings. The number of hydrogen-bond acceptors (Lipinski definition) is 7. The van der Waals surface area contributed by atoms with Crippen LogP contribution in [0, 0.1) is 0 Å². The van der Waals surface area contributed by atoms with Crippen LogP contribution in [0.1, 0.15) is 5.56 Å². The van der Waals surface area contributed by atoms with E-state index in [4.69, 9.17) is 25.5 Å². The Morgan fingerprint density at radius 2 is 1.82 bits per heavy atom. The summed E-state index contributed by atoms with van der Waals surface area (Å²) in [5.41, 5.74) is 2.65.